The third-order valence-electron chi connectivity index (χ3n) is 5.77. The SMILES string of the molecule is CC1CC(C)CN(CCCNC(=O)c2cc(-c3ccccn3)nc3ccccc23)C1. The first kappa shape index (κ1) is 20.5. The topological polar surface area (TPSA) is 58.1 Å². The first-order valence-electron chi connectivity index (χ1n) is 10.9. The average Bonchev–Trinajstić information content (AvgIpc) is 2.76. The molecule has 1 amide bonds. The molecule has 0 spiro atoms. The van der Waals surface area contributed by atoms with Gasteiger partial charge < -0.3 is 10.2 Å². The zero-order chi connectivity index (χ0) is 20.9. The first-order valence-corrected chi connectivity index (χ1v) is 10.9. The Kier molecular flexibility index (Phi) is 6.38. The first-order chi connectivity index (χ1) is 14.6. The quantitative estimate of drug-likeness (QED) is 0.621. The summed E-state index contributed by atoms with van der Waals surface area (Å²) in [5, 5.41) is 3.99. The molecule has 1 aliphatic heterocycles. The van der Waals surface area contributed by atoms with Crippen LogP contribution >= 0.6 is 0 Å². The monoisotopic (exact) mass is 402 g/mol. The standard InChI is InChI=1S/C25H30N4O/c1-18-14-19(2)17-29(16-18)13-7-12-27-25(30)21-15-24(23-10-5-6-11-26-23)28-22-9-4-3-8-20(21)22/h3-6,8-11,15,18-19H,7,12-14,16-17H2,1-2H3,(H,27,30). The molecule has 4 rings (SSSR count). The number of fused-ring (bicyclic) bond motifs is 1. The third kappa shape index (κ3) is 4.85. The minimum absolute atomic E-state index is 0.0499. The Balaban J connectivity index is 1.45. The second-order valence-corrected chi connectivity index (χ2v) is 8.60. The number of likely N-dealkylation sites (tertiary alicyclic amines) is 1. The van der Waals surface area contributed by atoms with Crippen LogP contribution in [0.3, 0.4) is 0 Å². The molecule has 1 aromatic carbocycles. The number of aromatic nitrogens is 2. The van der Waals surface area contributed by atoms with Crippen LogP contribution in [0.1, 0.15) is 37.0 Å². The minimum atomic E-state index is -0.0499. The van der Waals surface area contributed by atoms with Gasteiger partial charge in [0.2, 0.25) is 0 Å². The summed E-state index contributed by atoms with van der Waals surface area (Å²) >= 11 is 0. The molecule has 1 aliphatic rings. The molecule has 2 unspecified atom stereocenters. The van der Waals surface area contributed by atoms with E-state index < -0.39 is 0 Å². The molecular weight excluding hydrogens is 372 g/mol. The molecule has 156 valence electrons. The predicted molar refractivity (Wildman–Crippen MR) is 121 cm³/mol. The van der Waals surface area contributed by atoms with Gasteiger partial charge in [0, 0.05) is 31.2 Å². The van der Waals surface area contributed by atoms with Crippen molar-refractivity contribution < 1.29 is 4.79 Å². The van der Waals surface area contributed by atoms with Gasteiger partial charge in [-0.25, -0.2) is 4.98 Å². The van der Waals surface area contributed by atoms with Gasteiger partial charge in [-0.15, -0.1) is 0 Å². The predicted octanol–water partition coefficient (Wildman–Crippen LogP) is 4.39. The highest BCUT2D eigenvalue weighted by molar-refractivity contribution is 6.07. The van der Waals surface area contributed by atoms with E-state index in [0.29, 0.717) is 12.1 Å². The number of carbonyl (C=O) groups excluding carboxylic acids is 1. The van der Waals surface area contributed by atoms with Gasteiger partial charge in [-0.1, -0.05) is 38.1 Å². The second-order valence-electron chi connectivity index (χ2n) is 8.60. The van der Waals surface area contributed by atoms with Gasteiger partial charge in [-0.2, -0.15) is 0 Å². The highest BCUT2D eigenvalue weighted by Gasteiger charge is 2.21. The Morgan fingerprint density at radius 3 is 2.60 bits per heavy atom. The number of nitrogens with zero attached hydrogens (tertiary/aromatic N) is 3. The van der Waals surface area contributed by atoms with Crippen LogP contribution in [0.2, 0.25) is 0 Å². The number of pyridine rings is 2. The average molecular weight is 403 g/mol. The van der Waals surface area contributed by atoms with Crippen molar-refractivity contribution in [2.24, 2.45) is 11.8 Å². The van der Waals surface area contributed by atoms with Gasteiger partial charge in [0.25, 0.3) is 5.91 Å². The summed E-state index contributed by atoms with van der Waals surface area (Å²) in [6, 6.07) is 15.4. The fourth-order valence-corrected chi connectivity index (χ4v) is 4.58. The van der Waals surface area contributed by atoms with Crippen LogP contribution in [0.4, 0.5) is 0 Å². The molecule has 3 heterocycles. The normalized spacial score (nSPS) is 19.7. The lowest BCUT2D eigenvalue weighted by molar-refractivity contribution is 0.0949. The van der Waals surface area contributed by atoms with Crippen LogP contribution in [0.15, 0.2) is 54.7 Å². The van der Waals surface area contributed by atoms with Crippen molar-refractivity contribution in [2.45, 2.75) is 26.7 Å². The van der Waals surface area contributed by atoms with E-state index in [1.807, 2.05) is 48.5 Å². The van der Waals surface area contributed by atoms with Crippen molar-refractivity contribution in [1.29, 1.82) is 0 Å². The van der Waals surface area contributed by atoms with Crippen LogP contribution in [-0.4, -0.2) is 47.0 Å². The molecule has 1 saturated heterocycles. The zero-order valence-electron chi connectivity index (χ0n) is 17.8. The highest BCUT2D eigenvalue weighted by Crippen LogP contribution is 2.24. The number of rotatable bonds is 6. The van der Waals surface area contributed by atoms with Crippen molar-refractivity contribution in [3.63, 3.8) is 0 Å². The van der Waals surface area contributed by atoms with Crippen LogP contribution in [-0.2, 0) is 0 Å². The van der Waals surface area contributed by atoms with Crippen LogP contribution in [0, 0.1) is 11.8 Å². The second kappa shape index (κ2) is 9.35. The number of benzene rings is 1. The maximum atomic E-state index is 13.0. The van der Waals surface area contributed by atoms with E-state index in [4.69, 9.17) is 4.98 Å². The van der Waals surface area contributed by atoms with Crippen LogP contribution in [0.25, 0.3) is 22.3 Å². The van der Waals surface area contributed by atoms with Gasteiger partial charge in [0.15, 0.2) is 0 Å². The fraction of sp³-hybridized carbons (Fsp3) is 0.400. The number of amides is 1. The molecule has 0 radical (unpaired) electrons. The number of hydrogen-bond donors (Lipinski definition) is 1. The number of piperidine rings is 1. The zero-order valence-corrected chi connectivity index (χ0v) is 17.8. The van der Waals surface area contributed by atoms with Gasteiger partial charge in [-0.05, 0) is 55.5 Å². The summed E-state index contributed by atoms with van der Waals surface area (Å²) in [5.74, 6) is 1.47. The van der Waals surface area contributed by atoms with Crippen molar-refractivity contribution in [2.75, 3.05) is 26.2 Å². The molecule has 1 fully saturated rings. The molecule has 30 heavy (non-hydrogen) atoms. The molecule has 0 saturated carbocycles. The lowest BCUT2D eigenvalue weighted by Gasteiger charge is -2.34. The molecule has 2 aromatic heterocycles. The number of para-hydroxylation sites is 1. The Bertz CT molecular complexity index is 994. The van der Waals surface area contributed by atoms with E-state index in [9.17, 15) is 4.79 Å². The molecule has 5 nitrogen and oxygen atoms in total. The number of carbonyl (C=O) groups is 1. The highest BCUT2D eigenvalue weighted by atomic mass is 16.1. The lowest BCUT2D eigenvalue weighted by Crippen LogP contribution is -2.40. The largest absolute Gasteiger partial charge is 0.352 e. The fourth-order valence-electron chi connectivity index (χ4n) is 4.58. The van der Waals surface area contributed by atoms with Gasteiger partial charge in [0.05, 0.1) is 22.5 Å². The van der Waals surface area contributed by atoms with Crippen LogP contribution in [0.5, 0.6) is 0 Å². The third-order valence-corrected chi connectivity index (χ3v) is 5.77. The Labute approximate surface area is 178 Å². The molecule has 0 bridgehead atoms. The summed E-state index contributed by atoms with van der Waals surface area (Å²) in [6.45, 7) is 8.71. The molecule has 0 aliphatic carbocycles. The molecular formula is C25H30N4O. The number of hydrogen-bond acceptors (Lipinski definition) is 4. The minimum Gasteiger partial charge on any atom is -0.352 e. The van der Waals surface area contributed by atoms with Gasteiger partial charge in [0.1, 0.15) is 0 Å². The van der Waals surface area contributed by atoms with Crippen molar-refractivity contribution >= 4 is 16.8 Å². The molecule has 2 atom stereocenters. The maximum Gasteiger partial charge on any atom is 0.252 e. The van der Waals surface area contributed by atoms with Gasteiger partial charge >= 0.3 is 0 Å². The van der Waals surface area contributed by atoms with E-state index in [0.717, 1.165) is 47.1 Å². The smallest absolute Gasteiger partial charge is 0.252 e. The molecule has 3 aromatic rings. The van der Waals surface area contributed by atoms with E-state index >= 15 is 0 Å². The summed E-state index contributed by atoms with van der Waals surface area (Å²) in [4.78, 5) is 24.7. The Morgan fingerprint density at radius 2 is 1.83 bits per heavy atom. The Morgan fingerprint density at radius 1 is 1.07 bits per heavy atom. The van der Waals surface area contributed by atoms with Crippen molar-refractivity contribution in [3.8, 4) is 11.4 Å². The Hall–Kier alpha value is -2.79. The number of nitrogens with one attached hydrogen (secondary N) is 1. The van der Waals surface area contributed by atoms with E-state index in [2.05, 4.69) is 29.0 Å². The maximum absolute atomic E-state index is 13.0. The van der Waals surface area contributed by atoms with Crippen molar-refractivity contribution in [3.05, 3.63) is 60.3 Å². The lowest BCUT2D eigenvalue weighted by atomic mass is 9.92. The van der Waals surface area contributed by atoms with E-state index in [1.165, 1.54) is 19.5 Å². The summed E-state index contributed by atoms with van der Waals surface area (Å²) in [6.07, 6.45) is 4.02. The van der Waals surface area contributed by atoms with E-state index in [1.54, 1.807) is 6.20 Å². The summed E-state index contributed by atoms with van der Waals surface area (Å²) in [7, 11) is 0. The summed E-state index contributed by atoms with van der Waals surface area (Å²) in [5.41, 5.74) is 2.95. The van der Waals surface area contributed by atoms with E-state index in [-0.39, 0.29) is 5.91 Å². The molecule has 1 N–H and O–H groups in total. The van der Waals surface area contributed by atoms with Crippen LogP contribution < -0.4 is 5.32 Å². The molecule has 5 heteroatoms. The summed E-state index contributed by atoms with van der Waals surface area (Å²) < 4.78 is 0. The van der Waals surface area contributed by atoms with Gasteiger partial charge in [-0.3, -0.25) is 9.78 Å². The van der Waals surface area contributed by atoms with Crippen molar-refractivity contribution in [1.82, 2.24) is 20.2 Å².